The van der Waals surface area contributed by atoms with Gasteiger partial charge in [0.25, 0.3) is 11.4 Å². The van der Waals surface area contributed by atoms with Crippen molar-refractivity contribution in [2.75, 3.05) is 5.32 Å². The average molecular weight is 350 g/mol. The number of nitro groups is 2. The highest BCUT2D eigenvalue weighted by Crippen LogP contribution is 2.28. The van der Waals surface area contributed by atoms with E-state index in [4.69, 9.17) is 11.6 Å². The van der Waals surface area contributed by atoms with Crippen LogP contribution in [0, 0.1) is 20.2 Å². The Hall–Kier alpha value is -3.00. The number of amides is 1. The van der Waals surface area contributed by atoms with Crippen LogP contribution in [0.5, 0.6) is 0 Å². The lowest BCUT2D eigenvalue weighted by Gasteiger charge is -2.12. The molecule has 24 heavy (non-hydrogen) atoms. The number of carbonyl (C=O) groups excluding carboxylic acids is 1. The van der Waals surface area contributed by atoms with E-state index in [1.807, 2.05) is 0 Å². The first kappa shape index (κ1) is 17.4. The summed E-state index contributed by atoms with van der Waals surface area (Å²) >= 11 is 5.72. The summed E-state index contributed by atoms with van der Waals surface area (Å²) in [6.07, 6.45) is 0. The quantitative estimate of drug-likeness (QED) is 0.649. The van der Waals surface area contributed by atoms with Gasteiger partial charge in [-0.15, -0.1) is 0 Å². The number of benzene rings is 2. The summed E-state index contributed by atoms with van der Waals surface area (Å²) in [5.74, 6) is -0.999. The molecule has 1 atom stereocenters. The van der Waals surface area contributed by atoms with E-state index in [0.717, 1.165) is 0 Å². The molecule has 0 saturated heterocycles. The van der Waals surface area contributed by atoms with E-state index in [0.29, 0.717) is 5.56 Å². The Bertz CT molecular complexity index is 807. The standard InChI is InChI=1S/C15H12ClN3O5/c1-9(10-2-5-12(6-3-10)18(21)22)15(20)17-11-4-7-13(16)14(8-11)19(23)24/h2-9H,1H3,(H,17,20). The molecule has 0 heterocycles. The van der Waals surface area contributed by atoms with Crippen LogP contribution in [-0.4, -0.2) is 15.8 Å². The molecule has 0 radical (unpaired) electrons. The third kappa shape index (κ3) is 3.85. The van der Waals surface area contributed by atoms with E-state index in [9.17, 15) is 25.0 Å². The molecule has 1 N–H and O–H groups in total. The Morgan fingerprint density at radius 3 is 2.25 bits per heavy atom. The van der Waals surface area contributed by atoms with Crippen molar-refractivity contribution in [2.24, 2.45) is 0 Å². The lowest BCUT2D eigenvalue weighted by Crippen LogP contribution is -2.18. The maximum absolute atomic E-state index is 12.2. The largest absolute Gasteiger partial charge is 0.325 e. The molecule has 0 bridgehead atoms. The van der Waals surface area contributed by atoms with E-state index in [1.54, 1.807) is 6.92 Å². The minimum Gasteiger partial charge on any atom is -0.325 e. The molecule has 124 valence electrons. The first-order valence-electron chi connectivity index (χ1n) is 6.78. The molecular weight excluding hydrogens is 338 g/mol. The van der Waals surface area contributed by atoms with E-state index in [1.165, 1.54) is 42.5 Å². The molecule has 2 aromatic carbocycles. The van der Waals surface area contributed by atoms with Gasteiger partial charge in [0.2, 0.25) is 5.91 Å². The van der Waals surface area contributed by atoms with Gasteiger partial charge in [-0.05, 0) is 24.6 Å². The number of anilines is 1. The molecule has 9 heteroatoms. The molecule has 0 aliphatic carbocycles. The van der Waals surface area contributed by atoms with E-state index in [2.05, 4.69) is 5.32 Å². The minimum atomic E-state index is -0.641. The summed E-state index contributed by atoms with van der Waals surface area (Å²) in [6.45, 7) is 1.63. The van der Waals surface area contributed by atoms with Gasteiger partial charge in [0.05, 0.1) is 15.8 Å². The number of carbonyl (C=O) groups is 1. The van der Waals surface area contributed by atoms with Gasteiger partial charge in [0, 0.05) is 23.9 Å². The van der Waals surface area contributed by atoms with Crippen LogP contribution in [0.4, 0.5) is 17.1 Å². The van der Waals surface area contributed by atoms with E-state index < -0.39 is 21.7 Å². The minimum absolute atomic E-state index is 0.0265. The monoisotopic (exact) mass is 349 g/mol. The number of nitrogens with zero attached hydrogens (tertiary/aromatic N) is 2. The number of halogens is 1. The van der Waals surface area contributed by atoms with Gasteiger partial charge in [-0.2, -0.15) is 0 Å². The normalized spacial score (nSPS) is 11.6. The molecule has 2 aromatic rings. The molecule has 0 spiro atoms. The summed E-state index contributed by atoms with van der Waals surface area (Å²) in [6, 6.07) is 9.56. The predicted octanol–water partition coefficient (Wildman–Crippen LogP) is 3.90. The Morgan fingerprint density at radius 2 is 1.71 bits per heavy atom. The molecule has 0 aliphatic heterocycles. The predicted molar refractivity (Wildman–Crippen MR) is 88.2 cm³/mol. The van der Waals surface area contributed by atoms with Crippen LogP contribution >= 0.6 is 11.6 Å². The van der Waals surface area contributed by atoms with Crippen molar-refractivity contribution < 1.29 is 14.6 Å². The van der Waals surface area contributed by atoms with Crippen molar-refractivity contribution in [3.63, 3.8) is 0 Å². The summed E-state index contributed by atoms with van der Waals surface area (Å²) in [5, 5.41) is 24.0. The smallest absolute Gasteiger partial charge is 0.289 e. The molecule has 0 saturated carbocycles. The Labute approximate surface area is 141 Å². The second-order valence-electron chi connectivity index (χ2n) is 4.98. The number of nitro benzene ring substituents is 2. The van der Waals surface area contributed by atoms with Crippen LogP contribution < -0.4 is 5.32 Å². The van der Waals surface area contributed by atoms with Crippen LogP contribution in [0.25, 0.3) is 0 Å². The second-order valence-corrected chi connectivity index (χ2v) is 5.39. The maximum atomic E-state index is 12.2. The highest BCUT2D eigenvalue weighted by atomic mass is 35.5. The lowest BCUT2D eigenvalue weighted by atomic mass is 10.00. The number of hydrogen-bond donors (Lipinski definition) is 1. The van der Waals surface area contributed by atoms with E-state index in [-0.39, 0.29) is 22.1 Å². The summed E-state index contributed by atoms with van der Waals surface area (Å²) in [7, 11) is 0. The van der Waals surface area contributed by atoms with Crippen LogP contribution in [-0.2, 0) is 4.79 Å². The fourth-order valence-electron chi connectivity index (χ4n) is 2.02. The van der Waals surface area contributed by atoms with Gasteiger partial charge in [-0.25, -0.2) is 0 Å². The first-order valence-corrected chi connectivity index (χ1v) is 7.16. The number of nitrogens with one attached hydrogen (secondary N) is 1. The van der Waals surface area contributed by atoms with Gasteiger partial charge >= 0.3 is 0 Å². The second kappa shape index (κ2) is 7.05. The highest BCUT2D eigenvalue weighted by molar-refractivity contribution is 6.32. The lowest BCUT2D eigenvalue weighted by molar-refractivity contribution is -0.385. The van der Waals surface area contributed by atoms with Gasteiger partial charge in [-0.3, -0.25) is 25.0 Å². The third-order valence-electron chi connectivity index (χ3n) is 3.41. The van der Waals surface area contributed by atoms with Crippen molar-refractivity contribution in [3.05, 3.63) is 73.3 Å². The molecule has 8 nitrogen and oxygen atoms in total. The van der Waals surface area contributed by atoms with Crippen LogP contribution in [0.1, 0.15) is 18.4 Å². The van der Waals surface area contributed by atoms with Crippen LogP contribution in [0.3, 0.4) is 0 Å². The van der Waals surface area contributed by atoms with Crippen molar-refractivity contribution in [1.29, 1.82) is 0 Å². The number of rotatable bonds is 5. The molecule has 1 amide bonds. The van der Waals surface area contributed by atoms with Gasteiger partial charge in [0.15, 0.2) is 0 Å². The third-order valence-corrected chi connectivity index (χ3v) is 3.73. The van der Waals surface area contributed by atoms with Crippen LogP contribution in [0.15, 0.2) is 42.5 Å². The fourth-order valence-corrected chi connectivity index (χ4v) is 2.20. The Kier molecular flexibility index (Phi) is 5.10. The molecule has 0 aromatic heterocycles. The molecule has 1 unspecified atom stereocenters. The van der Waals surface area contributed by atoms with Crippen molar-refractivity contribution in [1.82, 2.24) is 0 Å². The molecule has 0 fully saturated rings. The SMILES string of the molecule is CC(C(=O)Nc1ccc(Cl)c([N+](=O)[O-])c1)c1ccc([N+](=O)[O-])cc1. The van der Waals surface area contributed by atoms with Crippen LogP contribution in [0.2, 0.25) is 5.02 Å². The van der Waals surface area contributed by atoms with Gasteiger partial charge < -0.3 is 5.32 Å². The summed E-state index contributed by atoms with van der Waals surface area (Å²) in [5.41, 5.74) is 0.448. The zero-order valence-electron chi connectivity index (χ0n) is 12.4. The topological polar surface area (TPSA) is 115 Å². The highest BCUT2D eigenvalue weighted by Gasteiger charge is 2.19. The van der Waals surface area contributed by atoms with Gasteiger partial charge in [0.1, 0.15) is 5.02 Å². The maximum Gasteiger partial charge on any atom is 0.289 e. The molecule has 0 aliphatic rings. The van der Waals surface area contributed by atoms with Crippen molar-refractivity contribution in [3.8, 4) is 0 Å². The summed E-state index contributed by atoms with van der Waals surface area (Å²) in [4.78, 5) is 32.6. The summed E-state index contributed by atoms with van der Waals surface area (Å²) < 4.78 is 0. The average Bonchev–Trinajstić information content (AvgIpc) is 2.55. The molecular formula is C15H12ClN3O5. The van der Waals surface area contributed by atoms with Crippen molar-refractivity contribution >= 4 is 34.6 Å². The van der Waals surface area contributed by atoms with Gasteiger partial charge in [-0.1, -0.05) is 23.7 Å². The number of non-ortho nitro benzene ring substituents is 1. The Morgan fingerprint density at radius 1 is 1.08 bits per heavy atom. The zero-order valence-corrected chi connectivity index (χ0v) is 13.2. The zero-order chi connectivity index (χ0) is 17.9. The fraction of sp³-hybridized carbons (Fsp3) is 0.133. The number of hydrogen-bond acceptors (Lipinski definition) is 5. The van der Waals surface area contributed by atoms with E-state index >= 15 is 0 Å². The molecule has 2 rings (SSSR count). The van der Waals surface area contributed by atoms with Crippen molar-refractivity contribution in [2.45, 2.75) is 12.8 Å². The first-order chi connectivity index (χ1) is 11.3. The Balaban J connectivity index is 2.15.